The van der Waals surface area contributed by atoms with E-state index >= 15 is 0 Å². The fourth-order valence-corrected chi connectivity index (χ4v) is 5.35. The number of hydrogen-bond acceptors (Lipinski definition) is 6. The summed E-state index contributed by atoms with van der Waals surface area (Å²) in [7, 11) is 0. The van der Waals surface area contributed by atoms with Gasteiger partial charge in [-0.05, 0) is 48.2 Å². The van der Waals surface area contributed by atoms with Gasteiger partial charge in [0.15, 0.2) is 0 Å². The number of amides is 5. The molecule has 0 spiro atoms. The lowest BCUT2D eigenvalue weighted by molar-refractivity contribution is 0.0642. The lowest BCUT2D eigenvalue weighted by Gasteiger charge is -2.17. The van der Waals surface area contributed by atoms with Gasteiger partial charge in [-0.2, -0.15) is 0 Å². The molecular weight excluding hydrogens is 514 g/mol. The number of nitrogens with one attached hydrogen (secondary N) is 3. The van der Waals surface area contributed by atoms with E-state index in [1.54, 1.807) is 30.3 Å². The summed E-state index contributed by atoms with van der Waals surface area (Å²) in [4.78, 5) is 52.7. The number of anilines is 1. The van der Waals surface area contributed by atoms with Gasteiger partial charge in [-0.15, -0.1) is 11.3 Å². The van der Waals surface area contributed by atoms with Gasteiger partial charge in [0.25, 0.3) is 17.7 Å². The van der Waals surface area contributed by atoms with Crippen molar-refractivity contribution in [3.63, 3.8) is 0 Å². The molecule has 0 aliphatic carbocycles. The summed E-state index contributed by atoms with van der Waals surface area (Å²) in [5, 5.41) is 7.45. The Morgan fingerprint density at radius 2 is 1.70 bits per heavy atom. The van der Waals surface area contributed by atoms with E-state index in [2.05, 4.69) is 16.1 Å². The number of nitrogens with zero attached hydrogens (tertiary/aromatic N) is 2. The predicted molar refractivity (Wildman–Crippen MR) is 141 cm³/mol. The van der Waals surface area contributed by atoms with Crippen molar-refractivity contribution in [2.45, 2.75) is 25.9 Å². The van der Waals surface area contributed by atoms with E-state index < -0.39 is 17.7 Å². The molecule has 3 aromatic rings. The number of carbonyl (C=O) groups excluding carboxylic acids is 4. The summed E-state index contributed by atoms with van der Waals surface area (Å²) in [6.07, 6.45) is 2.13. The lowest BCUT2D eigenvalue weighted by atomic mass is 10.1. The van der Waals surface area contributed by atoms with Crippen LogP contribution in [0.25, 0.3) is 0 Å². The normalized spacial score (nSPS) is 15.1. The first-order chi connectivity index (χ1) is 17.9. The Labute approximate surface area is 222 Å². The maximum absolute atomic E-state index is 13.3. The molecule has 0 radical (unpaired) electrons. The molecular formula is C26H24ClN5O4S. The number of carbonyl (C=O) groups is 4. The third-order valence-corrected chi connectivity index (χ3v) is 7.43. The van der Waals surface area contributed by atoms with Gasteiger partial charge in [-0.25, -0.2) is 9.80 Å². The van der Waals surface area contributed by atoms with E-state index in [0.717, 1.165) is 53.3 Å². The molecule has 1 saturated heterocycles. The molecule has 0 saturated carbocycles. The summed E-state index contributed by atoms with van der Waals surface area (Å²) in [6, 6.07) is 15.1. The Morgan fingerprint density at radius 3 is 2.46 bits per heavy atom. The second-order valence-electron chi connectivity index (χ2n) is 8.79. The maximum atomic E-state index is 13.3. The van der Waals surface area contributed by atoms with Gasteiger partial charge in [0, 0.05) is 19.6 Å². The van der Waals surface area contributed by atoms with Crippen LogP contribution in [0.15, 0.2) is 54.6 Å². The minimum absolute atomic E-state index is 0.0636. The van der Waals surface area contributed by atoms with Crippen LogP contribution in [0.4, 0.5) is 10.5 Å². The molecule has 5 rings (SSSR count). The molecule has 9 nitrogen and oxygen atoms in total. The number of halogens is 1. The Kier molecular flexibility index (Phi) is 7.22. The molecule has 37 heavy (non-hydrogen) atoms. The molecule has 3 heterocycles. The highest BCUT2D eigenvalue weighted by atomic mass is 35.5. The van der Waals surface area contributed by atoms with Crippen LogP contribution in [0, 0.1) is 0 Å². The molecule has 5 amide bonds. The van der Waals surface area contributed by atoms with Crippen LogP contribution in [0.5, 0.6) is 0 Å². The highest BCUT2D eigenvalue weighted by Crippen LogP contribution is 2.31. The van der Waals surface area contributed by atoms with Gasteiger partial charge in [-0.3, -0.25) is 24.7 Å². The molecule has 0 unspecified atom stereocenters. The zero-order valence-corrected chi connectivity index (χ0v) is 21.3. The molecule has 1 fully saturated rings. The fourth-order valence-electron chi connectivity index (χ4n) is 4.42. The summed E-state index contributed by atoms with van der Waals surface area (Å²) in [5.74, 6) is -1.31. The van der Waals surface area contributed by atoms with Crippen molar-refractivity contribution < 1.29 is 19.2 Å². The standard InChI is InChI=1S/C26H24ClN5O4S/c27-21-10-9-20(37-21)23(33)29-19-8-4-7-18-22(19)25(35)32(24(18)34)15-17-6-3-5-16(13-17)14-28-26(36)30-31-11-1-2-12-31/h3-10,13H,1-2,11-12,14-15H2,(H,29,33)(H2,28,30,36). The number of hydrazine groups is 1. The molecule has 2 aliphatic heterocycles. The predicted octanol–water partition coefficient (Wildman–Crippen LogP) is 4.26. The quantitative estimate of drug-likeness (QED) is 0.390. The first-order valence-corrected chi connectivity index (χ1v) is 13.0. The Hall–Kier alpha value is -3.73. The van der Waals surface area contributed by atoms with Crippen LogP contribution < -0.4 is 16.1 Å². The first kappa shape index (κ1) is 24.9. The van der Waals surface area contributed by atoms with Crippen molar-refractivity contribution in [3.8, 4) is 0 Å². The van der Waals surface area contributed by atoms with Gasteiger partial charge in [0.2, 0.25) is 0 Å². The van der Waals surface area contributed by atoms with Gasteiger partial charge < -0.3 is 10.6 Å². The van der Waals surface area contributed by atoms with E-state index in [4.69, 9.17) is 11.6 Å². The highest BCUT2D eigenvalue weighted by Gasteiger charge is 2.37. The summed E-state index contributed by atoms with van der Waals surface area (Å²) >= 11 is 7.05. The number of benzene rings is 2. The summed E-state index contributed by atoms with van der Waals surface area (Å²) < 4.78 is 0.477. The van der Waals surface area contributed by atoms with Crippen molar-refractivity contribution >= 4 is 52.4 Å². The van der Waals surface area contributed by atoms with E-state index in [1.165, 1.54) is 0 Å². The van der Waals surface area contributed by atoms with Crippen LogP contribution in [0.3, 0.4) is 0 Å². The molecule has 2 aliphatic rings. The zero-order valence-electron chi connectivity index (χ0n) is 19.8. The van der Waals surface area contributed by atoms with Crippen molar-refractivity contribution in [2.75, 3.05) is 18.4 Å². The monoisotopic (exact) mass is 537 g/mol. The third kappa shape index (κ3) is 5.51. The van der Waals surface area contributed by atoms with Crippen LogP contribution in [-0.4, -0.2) is 46.8 Å². The Morgan fingerprint density at radius 1 is 0.946 bits per heavy atom. The Balaban J connectivity index is 1.26. The zero-order chi connectivity index (χ0) is 25.9. The third-order valence-electron chi connectivity index (χ3n) is 6.20. The van der Waals surface area contributed by atoms with Crippen molar-refractivity contribution in [2.24, 2.45) is 0 Å². The molecule has 1 aromatic heterocycles. The van der Waals surface area contributed by atoms with Crippen molar-refractivity contribution in [3.05, 3.63) is 86.1 Å². The second kappa shape index (κ2) is 10.7. The molecule has 3 N–H and O–H groups in total. The highest BCUT2D eigenvalue weighted by molar-refractivity contribution is 7.18. The average molecular weight is 538 g/mol. The molecule has 0 atom stereocenters. The van der Waals surface area contributed by atoms with Crippen LogP contribution in [0.2, 0.25) is 4.34 Å². The largest absolute Gasteiger partial charge is 0.333 e. The van der Waals surface area contributed by atoms with E-state index in [-0.39, 0.29) is 29.4 Å². The summed E-state index contributed by atoms with van der Waals surface area (Å²) in [6.45, 7) is 2.06. The van der Waals surface area contributed by atoms with Crippen LogP contribution in [0.1, 0.15) is 54.4 Å². The van der Waals surface area contributed by atoms with E-state index in [9.17, 15) is 19.2 Å². The first-order valence-electron chi connectivity index (χ1n) is 11.8. The van der Waals surface area contributed by atoms with E-state index in [1.807, 2.05) is 29.3 Å². The topological polar surface area (TPSA) is 111 Å². The number of imide groups is 1. The number of fused-ring (bicyclic) bond motifs is 1. The average Bonchev–Trinajstić information content (AvgIpc) is 3.61. The van der Waals surface area contributed by atoms with Gasteiger partial charge in [0.1, 0.15) is 0 Å². The molecule has 2 aromatic carbocycles. The second-order valence-corrected chi connectivity index (χ2v) is 10.5. The minimum Gasteiger partial charge on any atom is -0.333 e. The minimum atomic E-state index is -0.478. The maximum Gasteiger partial charge on any atom is 0.329 e. The smallest absolute Gasteiger partial charge is 0.329 e. The van der Waals surface area contributed by atoms with Crippen LogP contribution >= 0.6 is 22.9 Å². The summed E-state index contributed by atoms with van der Waals surface area (Å²) in [5.41, 5.74) is 5.09. The number of rotatable bonds is 7. The Bertz CT molecular complexity index is 1380. The van der Waals surface area contributed by atoms with Crippen LogP contribution in [-0.2, 0) is 13.1 Å². The molecule has 190 valence electrons. The van der Waals surface area contributed by atoms with Crippen molar-refractivity contribution in [1.29, 1.82) is 0 Å². The SMILES string of the molecule is O=C(NCc1cccc(CN2C(=O)c3cccc(NC(=O)c4ccc(Cl)s4)c3C2=O)c1)NN1CCCC1. The number of hydrogen-bond donors (Lipinski definition) is 3. The molecule has 0 bridgehead atoms. The fraction of sp³-hybridized carbons (Fsp3) is 0.231. The van der Waals surface area contributed by atoms with Gasteiger partial charge in [0.05, 0.1) is 32.6 Å². The van der Waals surface area contributed by atoms with Crippen molar-refractivity contribution in [1.82, 2.24) is 20.7 Å². The van der Waals surface area contributed by atoms with Gasteiger partial charge >= 0.3 is 6.03 Å². The number of urea groups is 1. The van der Waals surface area contributed by atoms with Gasteiger partial charge in [-0.1, -0.05) is 41.9 Å². The number of thiophene rings is 1. The lowest BCUT2D eigenvalue weighted by Crippen LogP contribution is -2.45. The molecule has 11 heteroatoms. The van der Waals surface area contributed by atoms with E-state index in [0.29, 0.717) is 15.8 Å².